The zero-order chi connectivity index (χ0) is 15.2. The van der Waals surface area contributed by atoms with E-state index in [0.29, 0.717) is 5.69 Å². The Labute approximate surface area is 131 Å². The summed E-state index contributed by atoms with van der Waals surface area (Å²) in [5.74, 6) is 0.173. The van der Waals surface area contributed by atoms with Crippen molar-refractivity contribution in [2.24, 2.45) is 0 Å². The van der Waals surface area contributed by atoms with Crippen molar-refractivity contribution < 1.29 is 9.90 Å². The Balaban J connectivity index is 1.95. The van der Waals surface area contributed by atoms with Crippen molar-refractivity contribution in [3.63, 3.8) is 0 Å². The SMILES string of the molecule is Cc1cc(O)ccc1NC(=O)N/C=C/c1ccccc1Br. The lowest BCUT2D eigenvalue weighted by atomic mass is 10.2. The lowest BCUT2D eigenvalue weighted by Crippen LogP contribution is -2.24. The zero-order valence-electron chi connectivity index (χ0n) is 11.4. The predicted octanol–water partition coefficient (Wildman–Crippen LogP) is 4.26. The Morgan fingerprint density at radius 3 is 2.71 bits per heavy atom. The maximum atomic E-state index is 11.8. The smallest absolute Gasteiger partial charge is 0.323 e. The summed E-state index contributed by atoms with van der Waals surface area (Å²) in [7, 11) is 0. The third-order valence-electron chi connectivity index (χ3n) is 2.84. The molecular weight excluding hydrogens is 332 g/mol. The highest BCUT2D eigenvalue weighted by Crippen LogP contribution is 2.20. The Kier molecular flexibility index (Phi) is 5.00. The number of anilines is 1. The van der Waals surface area contributed by atoms with Gasteiger partial charge in [0.25, 0.3) is 0 Å². The van der Waals surface area contributed by atoms with Crippen molar-refractivity contribution in [1.82, 2.24) is 5.32 Å². The molecule has 0 aliphatic carbocycles. The van der Waals surface area contributed by atoms with E-state index in [1.54, 1.807) is 24.4 Å². The van der Waals surface area contributed by atoms with Crippen LogP contribution in [0.3, 0.4) is 0 Å². The second kappa shape index (κ2) is 6.95. The zero-order valence-corrected chi connectivity index (χ0v) is 13.0. The lowest BCUT2D eigenvalue weighted by molar-refractivity contribution is 0.255. The monoisotopic (exact) mass is 346 g/mol. The van der Waals surface area contributed by atoms with Crippen molar-refractivity contribution >= 4 is 33.7 Å². The largest absolute Gasteiger partial charge is 0.508 e. The van der Waals surface area contributed by atoms with Crippen molar-refractivity contribution in [3.8, 4) is 5.75 Å². The van der Waals surface area contributed by atoms with Gasteiger partial charge in [-0.25, -0.2) is 4.79 Å². The summed E-state index contributed by atoms with van der Waals surface area (Å²) in [6, 6.07) is 12.1. The molecule has 2 aromatic rings. The third kappa shape index (κ3) is 4.36. The van der Waals surface area contributed by atoms with Crippen LogP contribution in [0.5, 0.6) is 5.75 Å². The number of carbonyl (C=O) groups excluding carboxylic acids is 1. The highest BCUT2D eigenvalue weighted by atomic mass is 79.9. The van der Waals surface area contributed by atoms with Crippen LogP contribution in [0.25, 0.3) is 6.08 Å². The lowest BCUT2D eigenvalue weighted by Gasteiger charge is -2.08. The first-order valence-corrected chi connectivity index (χ1v) is 7.14. The van der Waals surface area contributed by atoms with Crippen LogP contribution < -0.4 is 10.6 Å². The van der Waals surface area contributed by atoms with Crippen LogP contribution >= 0.6 is 15.9 Å². The van der Waals surface area contributed by atoms with E-state index < -0.39 is 0 Å². The standard InChI is InChI=1S/C16H15BrN2O2/c1-11-10-13(20)6-7-15(11)19-16(21)18-9-8-12-4-2-3-5-14(12)17/h2-10,20H,1H3,(H2,18,19,21)/b9-8+. The molecule has 108 valence electrons. The number of phenolic OH excluding ortho intramolecular Hbond substituents is 1. The molecule has 0 aliphatic rings. The normalized spacial score (nSPS) is 10.6. The molecule has 2 amide bonds. The molecule has 0 fully saturated rings. The molecule has 2 rings (SSSR count). The summed E-state index contributed by atoms with van der Waals surface area (Å²) in [4.78, 5) is 11.8. The van der Waals surface area contributed by atoms with Crippen molar-refractivity contribution in [2.75, 3.05) is 5.32 Å². The molecule has 2 aromatic carbocycles. The van der Waals surface area contributed by atoms with Crippen LogP contribution in [0.1, 0.15) is 11.1 Å². The summed E-state index contributed by atoms with van der Waals surface area (Å²) in [5, 5.41) is 14.7. The molecule has 21 heavy (non-hydrogen) atoms. The predicted molar refractivity (Wildman–Crippen MR) is 88.2 cm³/mol. The average Bonchev–Trinajstić information content (AvgIpc) is 2.44. The van der Waals surface area contributed by atoms with E-state index in [9.17, 15) is 9.90 Å². The van der Waals surface area contributed by atoms with Crippen molar-refractivity contribution in [2.45, 2.75) is 6.92 Å². The Hall–Kier alpha value is -2.27. The fraction of sp³-hybridized carbons (Fsp3) is 0.0625. The number of phenols is 1. The summed E-state index contributed by atoms with van der Waals surface area (Å²) in [6.07, 6.45) is 3.37. The van der Waals surface area contributed by atoms with Crippen LogP contribution in [-0.4, -0.2) is 11.1 Å². The fourth-order valence-corrected chi connectivity index (χ4v) is 2.18. The number of amides is 2. The first-order chi connectivity index (χ1) is 10.1. The molecule has 0 atom stereocenters. The molecule has 0 aliphatic heterocycles. The van der Waals surface area contributed by atoms with Gasteiger partial charge >= 0.3 is 6.03 Å². The first kappa shape index (κ1) is 15.1. The molecule has 0 spiro atoms. The molecule has 0 heterocycles. The Morgan fingerprint density at radius 1 is 1.24 bits per heavy atom. The molecule has 0 bridgehead atoms. The summed E-state index contributed by atoms with van der Waals surface area (Å²) in [5.41, 5.74) is 2.41. The minimum atomic E-state index is -0.341. The van der Waals surface area contributed by atoms with Crippen LogP contribution in [-0.2, 0) is 0 Å². The van der Waals surface area contributed by atoms with Crippen LogP contribution in [0.15, 0.2) is 53.1 Å². The number of benzene rings is 2. The first-order valence-electron chi connectivity index (χ1n) is 6.34. The summed E-state index contributed by atoms with van der Waals surface area (Å²) in [6.45, 7) is 1.81. The van der Waals surface area contributed by atoms with Gasteiger partial charge in [0.05, 0.1) is 0 Å². The van der Waals surface area contributed by atoms with Gasteiger partial charge in [-0.2, -0.15) is 0 Å². The Morgan fingerprint density at radius 2 is 2.00 bits per heavy atom. The minimum absolute atomic E-state index is 0.173. The summed E-state index contributed by atoms with van der Waals surface area (Å²) < 4.78 is 0.956. The van der Waals surface area contributed by atoms with Gasteiger partial charge in [0, 0.05) is 16.4 Å². The molecule has 0 saturated heterocycles. The molecule has 5 heteroatoms. The van der Waals surface area contributed by atoms with Gasteiger partial charge in [0.1, 0.15) is 5.75 Å². The van der Waals surface area contributed by atoms with E-state index in [1.807, 2.05) is 31.2 Å². The highest BCUT2D eigenvalue weighted by molar-refractivity contribution is 9.10. The van der Waals surface area contributed by atoms with Gasteiger partial charge in [0.15, 0.2) is 0 Å². The van der Waals surface area contributed by atoms with Gasteiger partial charge in [-0.1, -0.05) is 34.1 Å². The van der Waals surface area contributed by atoms with E-state index in [1.165, 1.54) is 6.07 Å². The second-order valence-electron chi connectivity index (χ2n) is 4.45. The van der Waals surface area contributed by atoms with E-state index in [4.69, 9.17) is 0 Å². The van der Waals surface area contributed by atoms with Crippen molar-refractivity contribution in [1.29, 1.82) is 0 Å². The number of carbonyl (C=O) groups is 1. The minimum Gasteiger partial charge on any atom is -0.508 e. The number of aromatic hydroxyl groups is 1. The number of hydrogen-bond acceptors (Lipinski definition) is 2. The molecular formula is C16H15BrN2O2. The van der Waals surface area contributed by atoms with Gasteiger partial charge in [0.2, 0.25) is 0 Å². The number of nitrogens with one attached hydrogen (secondary N) is 2. The molecule has 0 unspecified atom stereocenters. The Bertz CT molecular complexity index is 684. The summed E-state index contributed by atoms with van der Waals surface area (Å²) >= 11 is 3.43. The number of aryl methyl sites for hydroxylation is 1. The van der Waals surface area contributed by atoms with Crippen LogP contribution in [0.4, 0.5) is 10.5 Å². The van der Waals surface area contributed by atoms with Gasteiger partial charge in [-0.3, -0.25) is 0 Å². The third-order valence-corrected chi connectivity index (χ3v) is 3.56. The molecule has 0 saturated carbocycles. The van der Waals surface area contributed by atoms with Gasteiger partial charge < -0.3 is 15.7 Å². The maximum Gasteiger partial charge on any atom is 0.323 e. The number of hydrogen-bond donors (Lipinski definition) is 3. The average molecular weight is 347 g/mol. The topological polar surface area (TPSA) is 61.4 Å². The van der Waals surface area contributed by atoms with Crippen LogP contribution in [0.2, 0.25) is 0 Å². The number of urea groups is 1. The molecule has 0 radical (unpaired) electrons. The number of halogens is 1. The molecule has 0 aromatic heterocycles. The van der Waals surface area contributed by atoms with Gasteiger partial charge in [-0.05, 0) is 48.4 Å². The molecule has 3 N–H and O–H groups in total. The highest BCUT2D eigenvalue weighted by Gasteiger charge is 2.03. The number of rotatable bonds is 3. The van der Waals surface area contributed by atoms with Gasteiger partial charge in [-0.15, -0.1) is 0 Å². The fourth-order valence-electron chi connectivity index (χ4n) is 1.76. The maximum absolute atomic E-state index is 11.8. The van der Waals surface area contributed by atoms with E-state index >= 15 is 0 Å². The van der Waals surface area contributed by atoms with Crippen LogP contribution in [0, 0.1) is 6.92 Å². The van der Waals surface area contributed by atoms with E-state index in [0.717, 1.165) is 15.6 Å². The van der Waals surface area contributed by atoms with E-state index in [-0.39, 0.29) is 11.8 Å². The molecule has 4 nitrogen and oxygen atoms in total. The quantitative estimate of drug-likeness (QED) is 0.727. The second-order valence-corrected chi connectivity index (χ2v) is 5.31. The van der Waals surface area contributed by atoms with E-state index in [2.05, 4.69) is 26.6 Å². The van der Waals surface area contributed by atoms with Crippen molar-refractivity contribution in [3.05, 3.63) is 64.3 Å².